The Morgan fingerprint density at radius 3 is 1.81 bits per heavy atom. The molecule has 0 radical (unpaired) electrons. The maximum absolute atomic E-state index is 6.69. The molecule has 0 N–H and O–H groups in total. The van der Waals surface area contributed by atoms with Gasteiger partial charge in [0.25, 0.3) is 0 Å². The lowest BCUT2D eigenvalue weighted by molar-refractivity contribution is 0.669. The highest BCUT2D eigenvalue weighted by atomic mass is 32.1. The SMILES string of the molecule is c1ccc(-c2nc(-c3cccc4oc5cc(-c6nc(-c7ccccc7)c7sc8ccccc8c7n6)ccc5c34)nc(-c3cccc4c3c3ccccc3n4-c3ccccc3)n2)cc1. The lowest BCUT2D eigenvalue weighted by Gasteiger charge is -2.11. The zero-order valence-electron chi connectivity index (χ0n) is 33.5. The zero-order chi connectivity index (χ0) is 41.4. The first-order valence-corrected chi connectivity index (χ1v) is 21.7. The van der Waals surface area contributed by atoms with Crippen LogP contribution in [0.25, 0.3) is 127 Å². The van der Waals surface area contributed by atoms with Crippen molar-refractivity contribution in [3.63, 3.8) is 0 Å². The third kappa shape index (κ3) is 5.69. The fourth-order valence-corrected chi connectivity index (χ4v) is 10.2. The van der Waals surface area contributed by atoms with Crippen LogP contribution in [0.2, 0.25) is 0 Å². The Balaban J connectivity index is 1.01. The average Bonchev–Trinajstić information content (AvgIpc) is 4.04. The van der Waals surface area contributed by atoms with E-state index in [0.717, 1.165) is 98.5 Å². The maximum atomic E-state index is 6.69. The number of para-hydroxylation sites is 2. The number of aromatic nitrogens is 6. The van der Waals surface area contributed by atoms with Crippen LogP contribution >= 0.6 is 11.3 Å². The van der Waals surface area contributed by atoms with Crippen LogP contribution in [0.4, 0.5) is 0 Å². The topological polar surface area (TPSA) is 82.5 Å². The molecule has 0 saturated heterocycles. The molecule has 5 heterocycles. The van der Waals surface area contributed by atoms with E-state index in [1.807, 2.05) is 54.6 Å². The molecule has 0 unspecified atom stereocenters. The van der Waals surface area contributed by atoms with Crippen LogP contribution in [0, 0.1) is 0 Å². The molecule has 8 heteroatoms. The van der Waals surface area contributed by atoms with Crippen molar-refractivity contribution >= 4 is 75.4 Å². The second-order valence-electron chi connectivity index (χ2n) is 15.6. The molecule has 63 heavy (non-hydrogen) atoms. The minimum Gasteiger partial charge on any atom is -0.456 e. The van der Waals surface area contributed by atoms with Crippen LogP contribution in [-0.4, -0.2) is 29.5 Å². The van der Waals surface area contributed by atoms with E-state index in [-0.39, 0.29) is 0 Å². The molecule has 13 aromatic rings. The lowest BCUT2D eigenvalue weighted by Crippen LogP contribution is -2.01. The van der Waals surface area contributed by atoms with E-state index in [1.54, 1.807) is 11.3 Å². The molecule has 0 saturated carbocycles. The third-order valence-electron chi connectivity index (χ3n) is 11.9. The first-order valence-electron chi connectivity index (χ1n) is 20.8. The summed E-state index contributed by atoms with van der Waals surface area (Å²) >= 11 is 1.73. The molecule has 0 atom stereocenters. The van der Waals surface area contributed by atoms with Crippen molar-refractivity contribution in [3.05, 3.63) is 194 Å². The molecule has 13 rings (SSSR count). The van der Waals surface area contributed by atoms with Gasteiger partial charge in [0.1, 0.15) is 11.2 Å². The van der Waals surface area contributed by atoms with Crippen molar-refractivity contribution in [3.8, 4) is 62.5 Å². The van der Waals surface area contributed by atoms with Gasteiger partial charge in [-0.3, -0.25) is 0 Å². The first kappa shape index (κ1) is 35.4. The normalized spacial score (nSPS) is 11.8. The van der Waals surface area contributed by atoms with Crippen LogP contribution in [0.1, 0.15) is 0 Å². The number of hydrogen-bond donors (Lipinski definition) is 0. The molecular formula is C55H32N6OS. The van der Waals surface area contributed by atoms with E-state index < -0.39 is 0 Å². The Morgan fingerprint density at radius 2 is 1.02 bits per heavy atom. The van der Waals surface area contributed by atoms with Gasteiger partial charge in [0.15, 0.2) is 23.3 Å². The number of furan rings is 1. The predicted molar refractivity (Wildman–Crippen MR) is 257 cm³/mol. The molecule has 8 aromatic carbocycles. The number of benzene rings is 8. The number of rotatable bonds is 6. The summed E-state index contributed by atoms with van der Waals surface area (Å²) in [5.74, 6) is 2.39. The van der Waals surface area contributed by atoms with Gasteiger partial charge in [-0.05, 0) is 48.5 Å². The van der Waals surface area contributed by atoms with Crippen LogP contribution in [0.15, 0.2) is 199 Å². The second-order valence-corrected chi connectivity index (χ2v) is 16.6. The van der Waals surface area contributed by atoms with Crippen molar-refractivity contribution in [2.45, 2.75) is 0 Å². The Bertz CT molecular complexity index is 3910. The zero-order valence-corrected chi connectivity index (χ0v) is 34.3. The standard InChI is InChI=1S/C55H32N6OS/c1-4-16-33(17-5-1)49-51-50(39-23-11-13-29-46(39)63-51)57-53(56-49)35-30-31-38-45(32-35)62-44-28-15-25-41(48(38)44)55-59-52(34-18-6-2-7-19-34)58-54(60-55)40-24-14-27-43-47(40)37-22-10-12-26-42(37)61(43)36-20-8-3-9-21-36/h1-32H. The van der Waals surface area contributed by atoms with Crippen molar-refractivity contribution in [1.29, 1.82) is 0 Å². The largest absolute Gasteiger partial charge is 0.456 e. The number of thiophene rings is 1. The van der Waals surface area contributed by atoms with E-state index in [0.29, 0.717) is 23.3 Å². The summed E-state index contributed by atoms with van der Waals surface area (Å²) in [5.41, 5.74) is 11.2. The predicted octanol–water partition coefficient (Wildman–Crippen LogP) is 14.4. The Kier molecular flexibility index (Phi) is 7.94. The Hall–Kier alpha value is -8.33. The van der Waals surface area contributed by atoms with Crippen LogP contribution in [0.5, 0.6) is 0 Å². The maximum Gasteiger partial charge on any atom is 0.164 e. The molecule has 294 valence electrons. The van der Waals surface area contributed by atoms with Crippen molar-refractivity contribution in [1.82, 2.24) is 29.5 Å². The molecule has 0 fully saturated rings. The van der Waals surface area contributed by atoms with Crippen LogP contribution < -0.4 is 0 Å². The summed E-state index contributed by atoms with van der Waals surface area (Å²) in [6.45, 7) is 0. The van der Waals surface area contributed by atoms with E-state index >= 15 is 0 Å². The van der Waals surface area contributed by atoms with Crippen molar-refractivity contribution in [2.75, 3.05) is 0 Å². The monoisotopic (exact) mass is 824 g/mol. The quantitative estimate of drug-likeness (QED) is 0.166. The summed E-state index contributed by atoms with van der Waals surface area (Å²) in [7, 11) is 0. The van der Waals surface area contributed by atoms with Crippen molar-refractivity contribution in [2.24, 2.45) is 0 Å². The fourth-order valence-electron chi connectivity index (χ4n) is 9.06. The molecule has 0 aliphatic rings. The molecule has 0 aliphatic carbocycles. The number of fused-ring (bicyclic) bond motifs is 9. The van der Waals surface area contributed by atoms with Gasteiger partial charge in [0.2, 0.25) is 0 Å². The van der Waals surface area contributed by atoms with Gasteiger partial charge in [0.05, 0.1) is 26.9 Å². The van der Waals surface area contributed by atoms with Gasteiger partial charge in [-0.25, -0.2) is 24.9 Å². The molecule has 0 bridgehead atoms. The Labute approximate surface area is 364 Å². The molecule has 0 amide bonds. The number of hydrogen-bond acceptors (Lipinski definition) is 7. The average molecular weight is 825 g/mol. The smallest absolute Gasteiger partial charge is 0.164 e. The number of nitrogens with zero attached hydrogens (tertiary/aromatic N) is 6. The molecule has 5 aromatic heterocycles. The van der Waals surface area contributed by atoms with E-state index in [1.165, 1.54) is 4.70 Å². The summed E-state index contributed by atoms with van der Waals surface area (Å²) in [5, 5.41) is 5.21. The lowest BCUT2D eigenvalue weighted by atomic mass is 10.0. The molecular weight excluding hydrogens is 793 g/mol. The minimum atomic E-state index is 0.561. The van der Waals surface area contributed by atoms with E-state index in [4.69, 9.17) is 29.3 Å². The fraction of sp³-hybridized carbons (Fsp3) is 0. The van der Waals surface area contributed by atoms with Crippen LogP contribution in [0.3, 0.4) is 0 Å². The van der Waals surface area contributed by atoms with Gasteiger partial charge in [-0.1, -0.05) is 146 Å². The van der Waals surface area contributed by atoms with Gasteiger partial charge >= 0.3 is 0 Å². The summed E-state index contributed by atoms with van der Waals surface area (Å²) in [6.07, 6.45) is 0. The highest BCUT2D eigenvalue weighted by molar-refractivity contribution is 7.26. The third-order valence-corrected chi connectivity index (χ3v) is 13.1. The summed E-state index contributed by atoms with van der Waals surface area (Å²) < 4.78 is 11.3. The molecule has 7 nitrogen and oxygen atoms in total. The van der Waals surface area contributed by atoms with Gasteiger partial charge in [-0.15, -0.1) is 11.3 Å². The first-order chi connectivity index (χ1) is 31.2. The second kappa shape index (κ2) is 14.1. The highest BCUT2D eigenvalue weighted by Gasteiger charge is 2.23. The minimum absolute atomic E-state index is 0.561. The van der Waals surface area contributed by atoms with Gasteiger partial charge < -0.3 is 8.98 Å². The van der Waals surface area contributed by atoms with Gasteiger partial charge in [0, 0.05) is 65.1 Å². The van der Waals surface area contributed by atoms with Crippen LogP contribution in [-0.2, 0) is 0 Å². The summed E-state index contributed by atoms with van der Waals surface area (Å²) in [6, 6.07) is 66.7. The van der Waals surface area contributed by atoms with Crippen molar-refractivity contribution < 1.29 is 4.42 Å². The summed E-state index contributed by atoms with van der Waals surface area (Å²) in [4.78, 5) is 26.2. The molecule has 0 spiro atoms. The van der Waals surface area contributed by atoms with E-state index in [9.17, 15) is 0 Å². The highest BCUT2D eigenvalue weighted by Crippen LogP contribution is 2.43. The Morgan fingerprint density at radius 1 is 0.397 bits per heavy atom. The van der Waals surface area contributed by atoms with E-state index in [2.05, 4.69) is 144 Å². The molecule has 0 aliphatic heterocycles. The van der Waals surface area contributed by atoms with Gasteiger partial charge in [-0.2, -0.15) is 0 Å².